The lowest BCUT2D eigenvalue weighted by Crippen LogP contribution is -2.45. The fourth-order valence-corrected chi connectivity index (χ4v) is 3.62. The van der Waals surface area contributed by atoms with Gasteiger partial charge in [-0.05, 0) is 43.9 Å². The van der Waals surface area contributed by atoms with E-state index < -0.39 is 0 Å². The van der Waals surface area contributed by atoms with Crippen LogP contribution in [0.4, 0.5) is 10.5 Å². The quantitative estimate of drug-likeness (QED) is 0.735. The molecule has 3 rings (SSSR count). The number of hydrogen-bond donors (Lipinski definition) is 0. The lowest BCUT2D eigenvalue weighted by molar-refractivity contribution is 0.0863. The van der Waals surface area contributed by atoms with Crippen LogP contribution in [-0.4, -0.2) is 24.5 Å². The molecule has 0 spiro atoms. The van der Waals surface area contributed by atoms with Crippen molar-refractivity contribution < 1.29 is 14.3 Å². The number of carbonyl (C=O) groups is 2. The van der Waals surface area contributed by atoms with Gasteiger partial charge in [-0.2, -0.15) is 0 Å². The van der Waals surface area contributed by atoms with Crippen LogP contribution in [0, 0.1) is 5.41 Å². The average molecular weight is 287 g/mol. The standard InChI is InChI=1S/C17H21NO3/c1-16(2)8-10-6-11-9-17(3,4)18(15(20)21-5)13(11)7-12(10)14(16)19/h6-7H,8-9H2,1-5H3. The molecule has 1 heterocycles. The van der Waals surface area contributed by atoms with Gasteiger partial charge in [0, 0.05) is 16.5 Å². The van der Waals surface area contributed by atoms with Crippen molar-refractivity contribution in [2.24, 2.45) is 5.41 Å². The van der Waals surface area contributed by atoms with E-state index in [4.69, 9.17) is 4.74 Å². The van der Waals surface area contributed by atoms with Crippen molar-refractivity contribution in [3.8, 4) is 0 Å². The van der Waals surface area contributed by atoms with Gasteiger partial charge in [0.1, 0.15) is 0 Å². The van der Waals surface area contributed by atoms with Crippen LogP contribution >= 0.6 is 0 Å². The Morgan fingerprint density at radius 1 is 1.14 bits per heavy atom. The number of ether oxygens (including phenoxy) is 1. The maximum Gasteiger partial charge on any atom is 0.414 e. The van der Waals surface area contributed by atoms with E-state index in [2.05, 4.69) is 6.07 Å². The van der Waals surface area contributed by atoms with Crippen LogP contribution in [-0.2, 0) is 17.6 Å². The predicted octanol–water partition coefficient (Wildman–Crippen LogP) is 3.36. The summed E-state index contributed by atoms with van der Waals surface area (Å²) in [5.74, 6) is 0.162. The second kappa shape index (κ2) is 4.09. The van der Waals surface area contributed by atoms with Crippen LogP contribution in [0.3, 0.4) is 0 Å². The molecule has 1 amide bonds. The largest absolute Gasteiger partial charge is 0.452 e. The highest BCUT2D eigenvalue weighted by Gasteiger charge is 2.44. The molecule has 0 saturated carbocycles. The first-order valence-electron chi connectivity index (χ1n) is 7.26. The summed E-state index contributed by atoms with van der Waals surface area (Å²) in [4.78, 5) is 26.3. The van der Waals surface area contributed by atoms with Crippen molar-refractivity contribution in [1.29, 1.82) is 0 Å². The van der Waals surface area contributed by atoms with Crippen LogP contribution in [0.1, 0.15) is 49.2 Å². The molecule has 1 aliphatic heterocycles. The Labute approximate surface area is 125 Å². The number of rotatable bonds is 0. The van der Waals surface area contributed by atoms with Gasteiger partial charge in [0.15, 0.2) is 5.78 Å². The summed E-state index contributed by atoms with van der Waals surface area (Å²) >= 11 is 0. The predicted molar refractivity (Wildman–Crippen MR) is 80.9 cm³/mol. The first kappa shape index (κ1) is 14.1. The molecule has 0 N–H and O–H groups in total. The summed E-state index contributed by atoms with van der Waals surface area (Å²) in [6.07, 6.45) is 1.18. The van der Waals surface area contributed by atoms with E-state index in [9.17, 15) is 9.59 Å². The zero-order valence-electron chi connectivity index (χ0n) is 13.2. The number of Topliss-reactive ketones (excluding diaryl/α,β-unsaturated/α-hetero) is 1. The molecule has 1 aliphatic carbocycles. The second-order valence-electron chi connectivity index (χ2n) is 7.32. The van der Waals surface area contributed by atoms with Gasteiger partial charge in [0.05, 0.1) is 12.8 Å². The molecule has 1 aromatic carbocycles. The molecule has 0 aromatic heterocycles. The van der Waals surface area contributed by atoms with Gasteiger partial charge in [-0.3, -0.25) is 9.69 Å². The van der Waals surface area contributed by atoms with E-state index >= 15 is 0 Å². The third kappa shape index (κ3) is 1.88. The van der Waals surface area contributed by atoms with Crippen molar-refractivity contribution in [3.05, 3.63) is 28.8 Å². The van der Waals surface area contributed by atoms with Gasteiger partial charge >= 0.3 is 6.09 Å². The van der Waals surface area contributed by atoms with Crippen LogP contribution in [0.2, 0.25) is 0 Å². The van der Waals surface area contributed by atoms with E-state index in [1.807, 2.05) is 33.8 Å². The molecular formula is C17H21NO3. The molecule has 0 atom stereocenters. The number of anilines is 1. The lowest BCUT2D eigenvalue weighted by Gasteiger charge is -2.30. The number of benzene rings is 1. The zero-order valence-corrected chi connectivity index (χ0v) is 13.2. The number of amides is 1. The first-order chi connectivity index (χ1) is 9.67. The minimum atomic E-state index is -0.372. The summed E-state index contributed by atoms with van der Waals surface area (Å²) in [7, 11) is 1.39. The third-order valence-corrected chi connectivity index (χ3v) is 4.62. The maximum absolute atomic E-state index is 12.5. The van der Waals surface area contributed by atoms with E-state index in [0.717, 1.165) is 35.2 Å². The molecule has 4 nitrogen and oxygen atoms in total. The molecule has 1 aromatic rings. The topological polar surface area (TPSA) is 46.6 Å². The van der Waals surface area contributed by atoms with Crippen molar-refractivity contribution in [3.63, 3.8) is 0 Å². The lowest BCUT2D eigenvalue weighted by atomic mass is 9.89. The second-order valence-corrected chi connectivity index (χ2v) is 7.32. The van der Waals surface area contributed by atoms with Gasteiger partial charge in [-0.1, -0.05) is 19.9 Å². The highest BCUT2D eigenvalue weighted by atomic mass is 16.5. The minimum Gasteiger partial charge on any atom is -0.452 e. The highest BCUT2D eigenvalue weighted by molar-refractivity contribution is 6.06. The van der Waals surface area contributed by atoms with Crippen LogP contribution < -0.4 is 4.90 Å². The van der Waals surface area contributed by atoms with Crippen LogP contribution in [0.5, 0.6) is 0 Å². The molecule has 0 saturated heterocycles. The van der Waals surface area contributed by atoms with Crippen LogP contribution in [0.15, 0.2) is 12.1 Å². The Bertz CT molecular complexity index is 658. The SMILES string of the molecule is COC(=O)N1c2cc3c(cc2CC1(C)C)CC(C)(C)C3=O. The third-order valence-electron chi connectivity index (χ3n) is 4.62. The smallest absolute Gasteiger partial charge is 0.414 e. The van der Waals surface area contributed by atoms with Crippen molar-refractivity contribution >= 4 is 17.6 Å². The van der Waals surface area contributed by atoms with Crippen molar-refractivity contribution in [1.82, 2.24) is 0 Å². The molecule has 21 heavy (non-hydrogen) atoms. The summed E-state index contributed by atoms with van der Waals surface area (Å²) in [6.45, 7) is 7.98. The number of carbonyl (C=O) groups excluding carboxylic acids is 2. The number of nitrogens with zero attached hydrogens (tertiary/aromatic N) is 1. The van der Waals surface area contributed by atoms with E-state index in [0.29, 0.717) is 0 Å². The van der Waals surface area contributed by atoms with Crippen molar-refractivity contribution in [2.45, 2.75) is 46.1 Å². The Morgan fingerprint density at radius 2 is 1.81 bits per heavy atom. The molecule has 112 valence electrons. The van der Waals surface area contributed by atoms with Gasteiger partial charge in [0.25, 0.3) is 0 Å². The van der Waals surface area contributed by atoms with Gasteiger partial charge in [-0.15, -0.1) is 0 Å². The van der Waals surface area contributed by atoms with E-state index in [1.165, 1.54) is 7.11 Å². The maximum atomic E-state index is 12.5. The molecule has 2 aliphatic rings. The Balaban J connectivity index is 2.14. The van der Waals surface area contributed by atoms with E-state index in [-0.39, 0.29) is 22.8 Å². The number of hydrogen-bond acceptors (Lipinski definition) is 3. The monoisotopic (exact) mass is 287 g/mol. The van der Waals surface area contributed by atoms with E-state index in [1.54, 1.807) is 4.90 Å². The summed E-state index contributed by atoms with van der Waals surface area (Å²) < 4.78 is 4.92. The molecule has 0 radical (unpaired) electrons. The zero-order chi connectivity index (χ0) is 15.6. The molecule has 0 unspecified atom stereocenters. The Morgan fingerprint density at radius 3 is 2.43 bits per heavy atom. The fourth-order valence-electron chi connectivity index (χ4n) is 3.62. The Kier molecular flexibility index (Phi) is 2.75. The minimum absolute atomic E-state index is 0.162. The molecule has 0 fully saturated rings. The number of methoxy groups -OCH3 is 1. The van der Waals surface area contributed by atoms with Crippen LogP contribution in [0.25, 0.3) is 0 Å². The first-order valence-corrected chi connectivity index (χ1v) is 7.26. The normalized spacial score (nSPS) is 21.2. The molecule has 4 heteroatoms. The number of ketones is 1. The van der Waals surface area contributed by atoms with Gasteiger partial charge in [0.2, 0.25) is 0 Å². The highest BCUT2D eigenvalue weighted by Crippen LogP contribution is 2.45. The molecule has 0 bridgehead atoms. The van der Waals surface area contributed by atoms with Gasteiger partial charge < -0.3 is 4.74 Å². The average Bonchev–Trinajstić information content (AvgIpc) is 2.76. The summed E-state index contributed by atoms with van der Waals surface area (Å²) in [5.41, 5.74) is 3.12. The number of fused-ring (bicyclic) bond motifs is 2. The van der Waals surface area contributed by atoms with Crippen molar-refractivity contribution in [2.75, 3.05) is 12.0 Å². The molecular weight excluding hydrogens is 266 g/mol. The summed E-state index contributed by atoms with van der Waals surface area (Å²) in [5, 5.41) is 0. The summed E-state index contributed by atoms with van der Waals surface area (Å²) in [6, 6.07) is 3.98. The fraction of sp³-hybridized carbons (Fsp3) is 0.529. The Hall–Kier alpha value is -1.84. The van der Waals surface area contributed by atoms with Gasteiger partial charge in [-0.25, -0.2) is 4.79 Å².